The van der Waals surface area contributed by atoms with Crippen LogP contribution in [0.2, 0.25) is 0 Å². The summed E-state index contributed by atoms with van der Waals surface area (Å²) in [6.07, 6.45) is 3.68. The van der Waals surface area contributed by atoms with Crippen molar-refractivity contribution in [2.75, 3.05) is 6.54 Å². The number of aliphatic hydroxyl groups is 1. The van der Waals surface area contributed by atoms with Crippen LogP contribution in [-0.4, -0.2) is 16.6 Å². The molecule has 1 aromatic carbocycles. The van der Waals surface area contributed by atoms with Gasteiger partial charge < -0.3 is 10.4 Å². The van der Waals surface area contributed by atoms with Crippen LogP contribution in [0.5, 0.6) is 0 Å². The zero-order chi connectivity index (χ0) is 15.7. The molecule has 2 N–H and O–H groups in total. The van der Waals surface area contributed by atoms with Crippen LogP contribution in [0.4, 0.5) is 0 Å². The van der Waals surface area contributed by atoms with Gasteiger partial charge in [-0.25, -0.2) is 4.98 Å². The van der Waals surface area contributed by atoms with Gasteiger partial charge in [0, 0.05) is 35.1 Å². The van der Waals surface area contributed by atoms with E-state index in [0.29, 0.717) is 6.54 Å². The Morgan fingerprint density at radius 2 is 2.17 bits per heavy atom. The monoisotopic (exact) mass is 342 g/mol. The van der Waals surface area contributed by atoms with Gasteiger partial charge in [-0.3, -0.25) is 0 Å². The first-order chi connectivity index (χ1) is 11.2. The molecule has 0 fully saturated rings. The molecule has 23 heavy (non-hydrogen) atoms. The fourth-order valence-corrected chi connectivity index (χ4v) is 4.75. The highest BCUT2D eigenvalue weighted by Gasteiger charge is 2.35. The summed E-state index contributed by atoms with van der Waals surface area (Å²) in [5, 5.41) is 19.6. The fourth-order valence-electron chi connectivity index (χ4n) is 3.15. The summed E-state index contributed by atoms with van der Waals surface area (Å²) in [5.41, 5.74) is 2.80. The molecular weight excluding hydrogens is 324 g/mol. The zero-order valence-electron chi connectivity index (χ0n) is 12.7. The number of benzene rings is 1. The van der Waals surface area contributed by atoms with E-state index >= 15 is 0 Å². The van der Waals surface area contributed by atoms with Crippen LogP contribution >= 0.6 is 22.7 Å². The van der Waals surface area contributed by atoms with Gasteiger partial charge >= 0.3 is 0 Å². The van der Waals surface area contributed by atoms with Crippen LogP contribution in [0.1, 0.15) is 22.4 Å². The number of aryl methyl sites for hydroxylation is 1. The van der Waals surface area contributed by atoms with Crippen LogP contribution in [0, 0.1) is 0 Å². The van der Waals surface area contributed by atoms with Crippen molar-refractivity contribution < 1.29 is 5.11 Å². The summed E-state index contributed by atoms with van der Waals surface area (Å²) in [6, 6.07) is 10.3. The Kier molecular flexibility index (Phi) is 4.03. The average molecular weight is 342 g/mol. The van der Waals surface area contributed by atoms with E-state index in [4.69, 9.17) is 0 Å². The summed E-state index contributed by atoms with van der Waals surface area (Å²) in [6.45, 7) is 1.32. The Balaban J connectivity index is 1.39. The first kappa shape index (κ1) is 15.0. The lowest BCUT2D eigenvalue weighted by atomic mass is 9.96. The van der Waals surface area contributed by atoms with Gasteiger partial charge in [-0.2, -0.15) is 11.3 Å². The minimum Gasteiger partial charge on any atom is -0.384 e. The maximum atomic E-state index is 10.9. The van der Waals surface area contributed by atoms with E-state index in [9.17, 15) is 5.11 Å². The lowest BCUT2D eigenvalue weighted by Gasteiger charge is -2.24. The lowest BCUT2D eigenvalue weighted by Crippen LogP contribution is -2.35. The number of aromatic nitrogens is 1. The predicted molar refractivity (Wildman–Crippen MR) is 95.8 cm³/mol. The first-order valence-corrected chi connectivity index (χ1v) is 9.49. The van der Waals surface area contributed by atoms with Crippen molar-refractivity contribution in [2.24, 2.45) is 0 Å². The minimum absolute atomic E-state index is 0.579. The third-order valence-electron chi connectivity index (χ3n) is 4.37. The molecule has 118 valence electrons. The van der Waals surface area contributed by atoms with Crippen LogP contribution < -0.4 is 5.32 Å². The molecule has 1 aliphatic carbocycles. The highest BCUT2D eigenvalue weighted by Crippen LogP contribution is 2.36. The second-order valence-electron chi connectivity index (χ2n) is 5.94. The fraction of sp³-hybridized carbons (Fsp3) is 0.278. The van der Waals surface area contributed by atoms with E-state index < -0.39 is 5.60 Å². The van der Waals surface area contributed by atoms with Gasteiger partial charge in [0.1, 0.15) is 10.6 Å². The van der Waals surface area contributed by atoms with Crippen LogP contribution in [-0.2, 0) is 18.6 Å². The Morgan fingerprint density at radius 1 is 1.26 bits per heavy atom. The first-order valence-electron chi connectivity index (χ1n) is 7.73. The number of rotatable bonds is 5. The molecule has 5 heteroatoms. The standard InChI is InChI=1S/C18H18N2OS2/c21-18(7-5-13-3-1-2-4-16(13)18)12-19-9-15-10-20-17(23-15)14-6-8-22-11-14/h1-4,6,8,10-11,19,21H,5,7,9,12H2. The van der Waals surface area contributed by atoms with Crippen molar-refractivity contribution >= 4 is 22.7 Å². The SMILES string of the molecule is OC1(CNCc2cnc(-c3ccsc3)s2)CCc2ccccc21. The van der Waals surface area contributed by atoms with Crippen LogP contribution in [0.3, 0.4) is 0 Å². The van der Waals surface area contributed by atoms with Gasteiger partial charge in [-0.1, -0.05) is 24.3 Å². The highest BCUT2D eigenvalue weighted by atomic mass is 32.1. The number of hydrogen-bond donors (Lipinski definition) is 2. The zero-order valence-corrected chi connectivity index (χ0v) is 14.3. The Hall–Kier alpha value is -1.53. The number of fused-ring (bicyclic) bond motifs is 1. The molecule has 0 amide bonds. The molecule has 2 heterocycles. The van der Waals surface area contributed by atoms with Crippen molar-refractivity contribution in [1.29, 1.82) is 0 Å². The topological polar surface area (TPSA) is 45.1 Å². The molecule has 1 atom stereocenters. The van der Waals surface area contributed by atoms with E-state index in [1.54, 1.807) is 22.7 Å². The van der Waals surface area contributed by atoms with Gasteiger partial charge in [-0.15, -0.1) is 11.3 Å². The molecule has 2 aromatic heterocycles. The molecule has 0 saturated heterocycles. The Morgan fingerprint density at radius 3 is 3.04 bits per heavy atom. The van der Waals surface area contributed by atoms with Crippen LogP contribution in [0.25, 0.3) is 10.6 Å². The molecule has 0 aliphatic heterocycles. The quantitative estimate of drug-likeness (QED) is 0.741. The summed E-state index contributed by atoms with van der Waals surface area (Å²) < 4.78 is 0. The summed E-state index contributed by atoms with van der Waals surface area (Å²) in [5.74, 6) is 0. The summed E-state index contributed by atoms with van der Waals surface area (Å²) in [7, 11) is 0. The number of nitrogens with zero attached hydrogens (tertiary/aromatic N) is 1. The van der Waals surface area contributed by atoms with Crippen molar-refractivity contribution in [2.45, 2.75) is 25.0 Å². The normalized spacial score (nSPS) is 19.9. The maximum Gasteiger partial charge on any atom is 0.124 e. The van der Waals surface area contributed by atoms with E-state index in [1.807, 2.05) is 24.4 Å². The van der Waals surface area contributed by atoms with E-state index in [2.05, 4.69) is 33.2 Å². The maximum absolute atomic E-state index is 10.9. The third-order valence-corrected chi connectivity index (χ3v) is 6.09. The largest absolute Gasteiger partial charge is 0.384 e. The predicted octanol–water partition coefficient (Wildman–Crippen LogP) is 3.80. The Labute approximate surface area is 143 Å². The smallest absolute Gasteiger partial charge is 0.124 e. The molecule has 3 aromatic rings. The number of thiazole rings is 1. The second kappa shape index (κ2) is 6.17. The van der Waals surface area contributed by atoms with E-state index in [-0.39, 0.29) is 0 Å². The lowest BCUT2D eigenvalue weighted by molar-refractivity contribution is 0.0385. The van der Waals surface area contributed by atoms with Gasteiger partial charge in [-0.05, 0) is 35.4 Å². The second-order valence-corrected chi connectivity index (χ2v) is 7.83. The average Bonchev–Trinajstić information content (AvgIpc) is 3.29. The summed E-state index contributed by atoms with van der Waals surface area (Å²) >= 11 is 3.40. The number of thiophene rings is 1. The molecule has 3 nitrogen and oxygen atoms in total. The van der Waals surface area contributed by atoms with E-state index in [0.717, 1.165) is 30.0 Å². The van der Waals surface area contributed by atoms with Crippen molar-refractivity contribution in [3.05, 3.63) is 63.3 Å². The number of nitrogens with one attached hydrogen (secondary N) is 1. The third kappa shape index (κ3) is 2.97. The highest BCUT2D eigenvalue weighted by molar-refractivity contribution is 7.15. The molecule has 0 radical (unpaired) electrons. The molecule has 1 unspecified atom stereocenters. The van der Waals surface area contributed by atoms with Crippen LogP contribution in [0.15, 0.2) is 47.3 Å². The van der Waals surface area contributed by atoms with Gasteiger partial charge in [0.2, 0.25) is 0 Å². The van der Waals surface area contributed by atoms with Crippen molar-refractivity contribution in [3.63, 3.8) is 0 Å². The molecule has 0 bridgehead atoms. The Bertz CT molecular complexity index is 797. The summed E-state index contributed by atoms with van der Waals surface area (Å²) in [4.78, 5) is 5.68. The van der Waals surface area contributed by atoms with E-state index in [1.165, 1.54) is 16.0 Å². The minimum atomic E-state index is -0.739. The van der Waals surface area contributed by atoms with Gasteiger partial charge in [0.25, 0.3) is 0 Å². The van der Waals surface area contributed by atoms with Crippen molar-refractivity contribution in [3.8, 4) is 10.6 Å². The van der Waals surface area contributed by atoms with Crippen molar-refractivity contribution in [1.82, 2.24) is 10.3 Å². The van der Waals surface area contributed by atoms with Gasteiger partial charge in [0.05, 0.1) is 0 Å². The molecule has 1 aliphatic rings. The molecule has 0 saturated carbocycles. The molecular formula is C18H18N2OS2. The molecule has 0 spiro atoms. The van der Waals surface area contributed by atoms with Gasteiger partial charge in [0.15, 0.2) is 0 Å². The molecule has 4 rings (SSSR count). The number of hydrogen-bond acceptors (Lipinski definition) is 5.